The van der Waals surface area contributed by atoms with Crippen LogP contribution in [-0.2, 0) is 16.0 Å². The zero-order valence-electron chi connectivity index (χ0n) is 12.5. The molecule has 3 rings (SSSR count). The van der Waals surface area contributed by atoms with E-state index in [0.29, 0.717) is 32.4 Å². The molecule has 1 aliphatic heterocycles. The molecule has 23 heavy (non-hydrogen) atoms. The van der Waals surface area contributed by atoms with Crippen molar-refractivity contribution in [1.82, 2.24) is 9.88 Å². The Bertz CT molecular complexity index is 746. The summed E-state index contributed by atoms with van der Waals surface area (Å²) in [6.45, 7) is 0.996. The Morgan fingerprint density at radius 2 is 2.26 bits per heavy atom. The standard InChI is InChI=1S/C16H17BrN2O3S/c17-11-3-4-13-12(8-11)18-14(23-13)5-6-15(20)19-7-1-2-10(9-19)16(21)22/h3-4,8,10H,1-2,5-7,9H2,(H,21,22)/t10-/m0/s1. The zero-order chi connectivity index (χ0) is 16.4. The number of aromatic nitrogens is 1. The second-order valence-electron chi connectivity index (χ2n) is 5.74. The second-order valence-corrected chi connectivity index (χ2v) is 7.77. The van der Waals surface area contributed by atoms with Crippen molar-refractivity contribution in [2.75, 3.05) is 13.1 Å². The lowest BCUT2D eigenvalue weighted by Crippen LogP contribution is -2.42. The molecule has 122 valence electrons. The van der Waals surface area contributed by atoms with Crippen LogP contribution in [-0.4, -0.2) is 40.0 Å². The highest BCUT2D eigenvalue weighted by Crippen LogP contribution is 2.26. The molecule has 1 aromatic carbocycles. The van der Waals surface area contributed by atoms with Crippen molar-refractivity contribution >= 4 is 49.4 Å². The number of likely N-dealkylation sites (tertiary alicyclic amines) is 1. The van der Waals surface area contributed by atoms with Crippen LogP contribution < -0.4 is 0 Å². The van der Waals surface area contributed by atoms with Crippen molar-refractivity contribution in [2.24, 2.45) is 5.92 Å². The molecule has 1 amide bonds. The first kappa shape index (κ1) is 16.4. The number of halogens is 1. The van der Waals surface area contributed by atoms with Gasteiger partial charge in [0, 0.05) is 30.4 Å². The van der Waals surface area contributed by atoms with Crippen molar-refractivity contribution in [1.29, 1.82) is 0 Å². The third-order valence-electron chi connectivity index (χ3n) is 4.07. The lowest BCUT2D eigenvalue weighted by molar-refractivity contribution is -0.145. The number of carbonyl (C=O) groups excluding carboxylic acids is 1. The van der Waals surface area contributed by atoms with Gasteiger partial charge in [-0.1, -0.05) is 15.9 Å². The van der Waals surface area contributed by atoms with E-state index < -0.39 is 11.9 Å². The van der Waals surface area contributed by atoms with Crippen LogP contribution in [0.5, 0.6) is 0 Å². The van der Waals surface area contributed by atoms with Gasteiger partial charge in [0.15, 0.2) is 0 Å². The van der Waals surface area contributed by atoms with Gasteiger partial charge in [0.2, 0.25) is 5.91 Å². The van der Waals surface area contributed by atoms with Crippen LogP contribution in [0, 0.1) is 5.92 Å². The van der Waals surface area contributed by atoms with Gasteiger partial charge in [-0.05, 0) is 31.0 Å². The molecule has 5 nitrogen and oxygen atoms in total. The minimum Gasteiger partial charge on any atom is -0.481 e. The third kappa shape index (κ3) is 3.90. The summed E-state index contributed by atoms with van der Waals surface area (Å²) in [7, 11) is 0. The summed E-state index contributed by atoms with van der Waals surface area (Å²) in [5, 5.41) is 10.0. The molecule has 1 aliphatic rings. The highest BCUT2D eigenvalue weighted by atomic mass is 79.9. The number of benzene rings is 1. The van der Waals surface area contributed by atoms with Gasteiger partial charge < -0.3 is 10.0 Å². The predicted molar refractivity (Wildman–Crippen MR) is 92.6 cm³/mol. The number of thiazole rings is 1. The summed E-state index contributed by atoms with van der Waals surface area (Å²) in [5.74, 6) is -1.21. The first-order valence-electron chi connectivity index (χ1n) is 7.58. The Balaban J connectivity index is 1.60. The van der Waals surface area contributed by atoms with E-state index in [-0.39, 0.29) is 5.91 Å². The van der Waals surface area contributed by atoms with Gasteiger partial charge in [-0.15, -0.1) is 11.3 Å². The lowest BCUT2D eigenvalue weighted by atomic mass is 9.98. The van der Waals surface area contributed by atoms with Crippen molar-refractivity contribution in [3.63, 3.8) is 0 Å². The van der Waals surface area contributed by atoms with Crippen molar-refractivity contribution in [3.8, 4) is 0 Å². The number of fused-ring (bicyclic) bond motifs is 1. The first-order chi connectivity index (χ1) is 11.0. The SMILES string of the molecule is O=C(O)[C@H]1CCCN(C(=O)CCc2nc3cc(Br)ccc3s2)C1. The Morgan fingerprint density at radius 1 is 1.43 bits per heavy atom. The number of aryl methyl sites for hydroxylation is 1. The number of carboxylic acids is 1. The van der Waals surface area contributed by atoms with Crippen LogP contribution in [0.2, 0.25) is 0 Å². The quantitative estimate of drug-likeness (QED) is 0.860. The minimum atomic E-state index is -0.806. The molecule has 0 saturated carbocycles. The van der Waals surface area contributed by atoms with Crippen molar-refractivity contribution in [2.45, 2.75) is 25.7 Å². The van der Waals surface area contributed by atoms with Crippen LogP contribution in [0.3, 0.4) is 0 Å². The zero-order valence-corrected chi connectivity index (χ0v) is 14.9. The summed E-state index contributed by atoms with van der Waals surface area (Å²) in [4.78, 5) is 29.6. The Labute approximate surface area is 146 Å². The van der Waals surface area contributed by atoms with Crippen molar-refractivity contribution in [3.05, 3.63) is 27.7 Å². The van der Waals surface area contributed by atoms with Gasteiger partial charge in [0.1, 0.15) is 0 Å². The van der Waals surface area contributed by atoms with E-state index in [4.69, 9.17) is 5.11 Å². The molecule has 0 aliphatic carbocycles. The number of piperidine rings is 1. The summed E-state index contributed by atoms with van der Waals surface area (Å²) >= 11 is 5.03. The third-order valence-corrected chi connectivity index (χ3v) is 5.66. The van der Waals surface area contributed by atoms with Gasteiger partial charge in [0.25, 0.3) is 0 Å². The predicted octanol–water partition coefficient (Wildman–Crippen LogP) is 3.31. The number of nitrogens with zero attached hydrogens (tertiary/aromatic N) is 2. The van der Waals surface area contributed by atoms with Crippen LogP contribution >= 0.6 is 27.3 Å². The fraction of sp³-hybridized carbons (Fsp3) is 0.438. The monoisotopic (exact) mass is 396 g/mol. The molecule has 7 heteroatoms. The highest BCUT2D eigenvalue weighted by molar-refractivity contribution is 9.10. The maximum absolute atomic E-state index is 12.3. The molecule has 1 N–H and O–H groups in total. The van der Waals surface area contributed by atoms with E-state index in [1.54, 1.807) is 16.2 Å². The molecular formula is C16H17BrN2O3S. The van der Waals surface area contributed by atoms with E-state index in [2.05, 4.69) is 20.9 Å². The molecule has 1 aromatic heterocycles. The molecular weight excluding hydrogens is 380 g/mol. The highest BCUT2D eigenvalue weighted by Gasteiger charge is 2.27. The fourth-order valence-corrected chi connectivity index (χ4v) is 4.13. The average Bonchev–Trinajstić information content (AvgIpc) is 2.94. The normalized spacial score (nSPS) is 18.3. The summed E-state index contributed by atoms with van der Waals surface area (Å²) in [6.07, 6.45) is 2.40. The van der Waals surface area contributed by atoms with E-state index in [1.807, 2.05) is 18.2 Å². The van der Waals surface area contributed by atoms with Gasteiger partial charge >= 0.3 is 5.97 Å². The molecule has 2 aromatic rings. The summed E-state index contributed by atoms with van der Waals surface area (Å²) in [6, 6.07) is 5.97. The number of aliphatic carboxylic acids is 1. The maximum Gasteiger partial charge on any atom is 0.308 e. The minimum absolute atomic E-state index is 0.0244. The van der Waals surface area contributed by atoms with Crippen LogP contribution in [0.15, 0.2) is 22.7 Å². The second kappa shape index (κ2) is 6.97. The van der Waals surface area contributed by atoms with Gasteiger partial charge in [-0.2, -0.15) is 0 Å². The molecule has 1 saturated heterocycles. The van der Waals surface area contributed by atoms with Gasteiger partial charge in [0.05, 0.1) is 21.1 Å². The molecule has 0 bridgehead atoms. The topological polar surface area (TPSA) is 70.5 Å². The number of carboxylic acid groups (broad SMARTS) is 1. The number of hydrogen-bond acceptors (Lipinski definition) is 4. The smallest absolute Gasteiger partial charge is 0.308 e. The van der Waals surface area contributed by atoms with E-state index >= 15 is 0 Å². The Morgan fingerprint density at radius 3 is 3.04 bits per heavy atom. The van der Waals surface area contributed by atoms with Crippen LogP contribution in [0.25, 0.3) is 10.2 Å². The largest absolute Gasteiger partial charge is 0.481 e. The van der Waals surface area contributed by atoms with Crippen LogP contribution in [0.1, 0.15) is 24.3 Å². The number of carbonyl (C=O) groups is 2. The van der Waals surface area contributed by atoms with E-state index in [9.17, 15) is 9.59 Å². The van der Waals surface area contributed by atoms with Crippen LogP contribution in [0.4, 0.5) is 0 Å². The lowest BCUT2D eigenvalue weighted by Gasteiger charge is -2.30. The number of hydrogen-bond donors (Lipinski definition) is 1. The molecule has 0 spiro atoms. The first-order valence-corrected chi connectivity index (χ1v) is 9.19. The molecule has 1 atom stereocenters. The molecule has 1 fully saturated rings. The van der Waals surface area contributed by atoms with E-state index in [1.165, 1.54) is 0 Å². The Kier molecular flexibility index (Phi) is 4.96. The molecule has 0 radical (unpaired) electrons. The fourth-order valence-electron chi connectivity index (χ4n) is 2.83. The van der Waals surface area contributed by atoms with Crippen molar-refractivity contribution < 1.29 is 14.7 Å². The molecule has 0 unspecified atom stereocenters. The number of amides is 1. The summed E-state index contributed by atoms with van der Waals surface area (Å²) in [5.41, 5.74) is 0.940. The number of rotatable bonds is 4. The van der Waals surface area contributed by atoms with Gasteiger partial charge in [-0.3, -0.25) is 9.59 Å². The Hall–Kier alpha value is -1.47. The van der Waals surface area contributed by atoms with Gasteiger partial charge in [-0.25, -0.2) is 4.98 Å². The maximum atomic E-state index is 12.3. The van der Waals surface area contributed by atoms with E-state index in [0.717, 1.165) is 26.1 Å². The summed E-state index contributed by atoms with van der Waals surface area (Å²) < 4.78 is 2.10. The average molecular weight is 397 g/mol. The molecule has 2 heterocycles.